The maximum atomic E-state index is 7.85. The van der Waals surface area contributed by atoms with Crippen LogP contribution in [0.3, 0.4) is 0 Å². The molecule has 8 fully saturated rings. The number of ether oxygens (including phenoxy) is 3. The molecule has 5 heteroatoms. The number of hydrogen-bond acceptors (Lipinski definition) is 5. The summed E-state index contributed by atoms with van der Waals surface area (Å²) in [6.07, 6.45) is 22.5. The van der Waals surface area contributed by atoms with E-state index in [1.165, 1.54) is 96.3 Å². The summed E-state index contributed by atoms with van der Waals surface area (Å²) < 4.78 is 22.9. The molecule has 0 aromatic rings. The Morgan fingerprint density at radius 2 is 1.30 bits per heavy atom. The van der Waals surface area contributed by atoms with E-state index in [-0.39, 0.29) is 18.4 Å². The van der Waals surface area contributed by atoms with Crippen molar-refractivity contribution in [2.24, 2.45) is 70.5 Å². The van der Waals surface area contributed by atoms with Gasteiger partial charge in [0.1, 0.15) is 6.23 Å². The second-order valence-corrected chi connectivity index (χ2v) is 19.3. The third-order valence-electron chi connectivity index (χ3n) is 16.5. The fraction of sp³-hybridized carbons (Fsp3) is 1.00. The van der Waals surface area contributed by atoms with Crippen molar-refractivity contribution in [3.05, 3.63) is 0 Å². The Kier molecular flexibility index (Phi) is 9.45. The Bertz CT molecular complexity index is 1060. The van der Waals surface area contributed by atoms with Crippen LogP contribution in [0.15, 0.2) is 0 Å². The standard InChI is InChI=1S/C42H72N2O3/c1-8-25(9-2)34-23-35(26(10-3)11-4)47-42(46-34)38-30-19-15-14-18-29(30)33(41(5,6)7)22-32(38)39-37-31-20-27-16-12-13-17-28(27)21-36(31)45-40(37)43-24-44(39)42/h25-40,43H,8-24H2,1-7H3. The summed E-state index contributed by atoms with van der Waals surface area (Å²) >= 11 is 0. The molecule has 268 valence electrons. The van der Waals surface area contributed by atoms with E-state index in [4.69, 9.17) is 14.2 Å². The summed E-state index contributed by atoms with van der Waals surface area (Å²) in [6.45, 7) is 18.2. The highest BCUT2D eigenvalue weighted by Crippen LogP contribution is 2.67. The van der Waals surface area contributed by atoms with E-state index >= 15 is 0 Å². The fourth-order valence-corrected chi connectivity index (χ4v) is 14.3. The van der Waals surface area contributed by atoms with Gasteiger partial charge in [-0.3, -0.25) is 5.32 Å². The van der Waals surface area contributed by atoms with Gasteiger partial charge in [0.2, 0.25) is 5.91 Å². The van der Waals surface area contributed by atoms with Gasteiger partial charge in [0.15, 0.2) is 0 Å². The van der Waals surface area contributed by atoms with E-state index in [0.29, 0.717) is 59.0 Å². The molecule has 0 aromatic heterocycles. The molecule has 8 aliphatic rings. The summed E-state index contributed by atoms with van der Waals surface area (Å²) in [7, 11) is 0. The third kappa shape index (κ3) is 5.46. The molecule has 0 amide bonds. The smallest absolute Gasteiger partial charge is 0.235 e. The van der Waals surface area contributed by atoms with E-state index < -0.39 is 5.91 Å². The molecule has 0 radical (unpaired) electrons. The first kappa shape index (κ1) is 33.9. The average Bonchev–Trinajstić information content (AvgIpc) is 3.56. The second kappa shape index (κ2) is 13.1. The minimum Gasteiger partial charge on any atom is -0.359 e. The van der Waals surface area contributed by atoms with E-state index in [1.807, 2.05) is 0 Å². The molecule has 1 N–H and O–H groups in total. The highest BCUT2D eigenvalue weighted by Gasteiger charge is 2.73. The minimum absolute atomic E-state index is 0.201. The van der Waals surface area contributed by atoms with Crippen LogP contribution in [0.5, 0.6) is 0 Å². The van der Waals surface area contributed by atoms with Gasteiger partial charge >= 0.3 is 0 Å². The Morgan fingerprint density at radius 1 is 0.702 bits per heavy atom. The first-order valence-electron chi connectivity index (χ1n) is 21.2. The van der Waals surface area contributed by atoms with Gasteiger partial charge in [-0.1, -0.05) is 113 Å². The summed E-state index contributed by atoms with van der Waals surface area (Å²) in [4.78, 5) is 2.88. The lowest BCUT2D eigenvalue weighted by atomic mass is 9.51. The normalized spacial score (nSPS) is 49.7. The van der Waals surface area contributed by atoms with Crippen molar-refractivity contribution in [2.75, 3.05) is 6.67 Å². The van der Waals surface area contributed by atoms with Gasteiger partial charge in [-0.25, -0.2) is 4.90 Å². The van der Waals surface area contributed by atoms with Crippen LogP contribution < -0.4 is 5.32 Å². The van der Waals surface area contributed by atoms with E-state index in [9.17, 15) is 0 Å². The van der Waals surface area contributed by atoms with Crippen molar-refractivity contribution >= 4 is 0 Å². The predicted molar refractivity (Wildman–Crippen MR) is 189 cm³/mol. The SMILES string of the molecule is CCC(CC)C1CC(C(CC)CC)OC2(O1)C1C3CCCCC3C(C(C)(C)C)CC1C1C3C(NCN12)OC1CC2CCCCC2CC13. The van der Waals surface area contributed by atoms with Crippen LogP contribution in [0, 0.1) is 70.5 Å². The molecule has 4 heterocycles. The largest absolute Gasteiger partial charge is 0.359 e. The number of nitrogens with zero attached hydrogens (tertiary/aromatic N) is 1. The van der Waals surface area contributed by atoms with E-state index in [0.717, 1.165) is 36.8 Å². The van der Waals surface area contributed by atoms with Gasteiger partial charge in [0.25, 0.3) is 0 Å². The summed E-state index contributed by atoms with van der Waals surface area (Å²) in [6, 6.07) is 0.497. The number of hydrogen-bond donors (Lipinski definition) is 1. The van der Waals surface area contributed by atoms with Crippen molar-refractivity contribution in [2.45, 2.75) is 188 Å². The van der Waals surface area contributed by atoms with Crippen LogP contribution in [0.2, 0.25) is 0 Å². The number of fused-ring (bicyclic) bond motifs is 12. The summed E-state index contributed by atoms with van der Waals surface area (Å²) in [5, 5.41) is 4.07. The third-order valence-corrected chi connectivity index (χ3v) is 16.5. The highest BCUT2D eigenvalue weighted by molar-refractivity contribution is 5.17. The first-order valence-corrected chi connectivity index (χ1v) is 21.2. The second-order valence-electron chi connectivity index (χ2n) is 19.3. The average molecular weight is 653 g/mol. The van der Waals surface area contributed by atoms with Crippen LogP contribution in [-0.2, 0) is 14.2 Å². The van der Waals surface area contributed by atoms with Gasteiger partial charge in [0.05, 0.1) is 25.0 Å². The quantitative estimate of drug-likeness (QED) is 0.310. The zero-order valence-electron chi connectivity index (χ0n) is 31.4. The van der Waals surface area contributed by atoms with Gasteiger partial charge in [-0.2, -0.15) is 0 Å². The van der Waals surface area contributed by atoms with Gasteiger partial charge in [0, 0.05) is 24.3 Å². The molecular formula is C42H72N2O3. The molecule has 4 saturated heterocycles. The van der Waals surface area contributed by atoms with E-state index in [1.54, 1.807) is 0 Å². The molecule has 1 spiro atoms. The lowest BCUT2D eigenvalue weighted by Gasteiger charge is -2.58. The topological polar surface area (TPSA) is 43.0 Å². The van der Waals surface area contributed by atoms with Crippen LogP contribution in [0.25, 0.3) is 0 Å². The maximum absolute atomic E-state index is 7.85. The number of nitrogens with one attached hydrogen (secondary N) is 1. The van der Waals surface area contributed by atoms with Gasteiger partial charge < -0.3 is 14.2 Å². The summed E-state index contributed by atoms with van der Waals surface area (Å²) in [5.74, 6) is 7.03. The van der Waals surface area contributed by atoms with Crippen molar-refractivity contribution in [3.8, 4) is 0 Å². The van der Waals surface area contributed by atoms with Crippen LogP contribution in [-0.4, -0.2) is 48.1 Å². The van der Waals surface area contributed by atoms with Crippen molar-refractivity contribution < 1.29 is 14.2 Å². The van der Waals surface area contributed by atoms with Crippen LogP contribution in [0.1, 0.15) is 151 Å². The first-order chi connectivity index (χ1) is 22.7. The molecule has 47 heavy (non-hydrogen) atoms. The predicted octanol–water partition coefficient (Wildman–Crippen LogP) is 9.59. The maximum Gasteiger partial charge on any atom is 0.235 e. The molecule has 8 rings (SSSR count). The Hall–Kier alpha value is -0.200. The molecule has 4 saturated carbocycles. The molecule has 4 aliphatic heterocycles. The molecule has 14 atom stereocenters. The van der Waals surface area contributed by atoms with E-state index in [2.05, 4.69) is 58.7 Å². The Labute approximate surface area is 288 Å². The zero-order chi connectivity index (χ0) is 32.7. The lowest BCUT2D eigenvalue weighted by molar-refractivity contribution is -0.413. The molecular weight excluding hydrogens is 580 g/mol. The van der Waals surface area contributed by atoms with Crippen LogP contribution in [0.4, 0.5) is 0 Å². The molecule has 0 bridgehead atoms. The number of rotatable bonds is 6. The fourth-order valence-electron chi connectivity index (χ4n) is 14.3. The lowest BCUT2D eigenvalue weighted by Crippen LogP contribution is -2.68. The molecule has 5 nitrogen and oxygen atoms in total. The highest BCUT2D eigenvalue weighted by atomic mass is 16.7. The molecule has 4 aliphatic carbocycles. The Balaban J connectivity index is 1.24. The zero-order valence-corrected chi connectivity index (χ0v) is 31.4. The summed E-state index contributed by atoms with van der Waals surface area (Å²) in [5.41, 5.74) is 0.331. The molecule has 14 unspecified atom stereocenters. The van der Waals surface area contributed by atoms with Crippen molar-refractivity contribution in [3.63, 3.8) is 0 Å². The van der Waals surface area contributed by atoms with Crippen molar-refractivity contribution in [1.29, 1.82) is 0 Å². The Morgan fingerprint density at radius 3 is 1.91 bits per heavy atom. The monoisotopic (exact) mass is 653 g/mol. The minimum atomic E-state index is -0.602. The van der Waals surface area contributed by atoms with Gasteiger partial charge in [-0.15, -0.1) is 0 Å². The van der Waals surface area contributed by atoms with Crippen molar-refractivity contribution in [1.82, 2.24) is 10.2 Å². The van der Waals surface area contributed by atoms with Crippen LogP contribution >= 0.6 is 0 Å². The van der Waals surface area contributed by atoms with Gasteiger partial charge in [-0.05, 0) is 90.8 Å². The molecule has 0 aromatic carbocycles.